The molecule has 0 aromatic rings. The van der Waals surface area contributed by atoms with E-state index in [1.807, 2.05) is 26.0 Å². The molecule has 2 nitrogen and oxygen atoms in total. The minimum atomic E-state index is -0.367. The number of aliphatic imine (C=N–C) groups is 1. The normalized spacial score (nSPS) is 14.0. The van der Waals surface area contributed by atoms with E-state index in [9.17, 15) is 0 Å². The van der Waals surface area contributed by atoms with Gasteiger partial charge in [-0.25, -0.2) is 0 Å². The van der Waals surface area contributed by atoms with Gasteiger partial charge >= 0.3 is 0 Å². The molecule has 0 heterocycles. The molecule has 2 heteroatoms. The quantitative estimate of drug-likeness (QED) is 0.483. The van der Waals surface area contributed by atoms with E-state index < -0.39 is 0 Å². The van der Waals surface area contributed by atoms with Gasteiger partial charge in [-0.15, -0.1) is 0 Å². The first-order chi connectivity index (χ1) is 5.02. The maximum Gasteiger partial charge on any atom is 0.0538 e. The van der Waals surface area contributed by atoms with Crippen molar-refractivity contribution in [2.75, 3.05) is 7.05 Å². The third-order valence-electron chi connectivity index (χ3n) is 1.29. The summed E-state index contributed by atoms with van der Waals surface area (Å²) in [5, 5.41) is 0. The Labute approximate surface area is 68.5 Å². The lowest BCUT2D eigenvalue weighted by Crippen LogP contribution is -2.40. The second kappa shape index (κ2) is 4.09. The highest BCUT2D eigenvalue weighted by Gasteiger charge is 2.15. The first-order valence-electron chi connectivity index (χ1n) is 3.57. The fraction of sp³-hybridized carbons (Fsp3) is 0.444. The highest BCUT2D eigenvalue weighted by atomic mass is 14.8. The fourth-order valence-corrected chi connectivity index (χ4v) is 0.737. The van der Waals surface area contributed by atoms with E-state index >= 15 is 0 Å². The predicted octanol–water partition coefficient (Wildman–Crippen LogP) is 1.54. The van der Waals surface area contributed by atoms with Gasteiger partial charge in [0.15, 0.2) is 0 Å². The van der Waals surface area contributed by atoms with Crippen molar-refractivity contribution in [3.05, 3.63) is 24.8 Å². The Hall–Kier alpha value is -0.890. The first-order valence-corrected chi connectivity index (χ1v) is 3.57. The number of rotatable bonds is 3. The van der Waals surface area contributed by atoms with Crippen molar-refractivity contribution in [2.45, 2.75) is 19.4 Å². The summed E-state index contributed by atoms with van der Waals surface area (Å²) in [6.45, 7) is 7.41. The third-order valence-corrected chi connectivity index (χ3v) is 1.29. The van der Waals surface area contributed by atoms with E-state index in [1.54, 1.807) is 13.1 Å². The molecule has 0 bridgehead atoms. The van der Waals surface area contributed by atoms with Crippen molar-refractivity contribution in [3.63, 3.8) is 0 Å². The fourth-order valence-electron chi connectivity index (χ4n) is 0.737. The molecule has 0 aliphatic carbocycles. The van der Waals surface area contributed by atoms with Crippen molar-refractivity contribution < 1.29 is 0 Å². The van der Waals surface area contributed by atoms with Crippen LogP contribution in [0.3, 0.4) is 0 Å². The van der Waals surface area contributed by atoms with E-state index in [1.165, 1.54) is 0 Å². The molecule has 62 valence electrons. The summed E-state index contributed by atoms with van der Waals surface area (Å²) in [5.74, 6) is 0. The van der Waals surface area contributed by atoms with E-state index in [-0.39, 0.29) is 5.54 Å². The molecule has 0 unspecified atom stereocenters. The standard InChI is InChI=1S/C9H16N2/c1-5-6-7-8(11-4)9(2,3)10/h5-7H,1,10H2,2-4H3/b7-6-,11-8?. The van der Waals surface area contributed by atoms with E-state index in [0.717, 1.165) is 5.71 Å². The summed E-state index contributed by atoms with van der Waals surface area (Å²) in [4.78, 5) is 4.05. The minimum Gasteiger partial charge on any atom is -0.321 e. The van der Waals surface area contributed by atoms with Crippen LogP contribution in [0, 0.1) is 0 Å². The van der Waals surface area contributed by atoms with Gasteiger partial charge in [0.25, 0.3) is 0 Å². The largest absolute Gasteiger partial charge is 0.321 e. The lowest BCUT2D eigenvalue weighted by Gasteiger charge is -2.17. The lowest BCUT2D eigenvalue weighted by molar-refractivity contribution is 0.700. The molecule has 0 rings (SSSR count). The van der Waals surface area contributed by atoms with E-state index in [0.29, 0.717) is 0 Å². The SMILES string of the molecule is C=C/C=C\C(=NC)C(C)(C)N. The Morgan fingerprint density at radius 2 is 2.09 bits per heavy atom. The predicted molar refractivity (Wildman–Crippen MR) is 51.0 cm³/mol. The smallest absolute Gasteiger partial charge is 0.0538 e. The maximum atomic E-state index is 5.81. The summed E-state index contributed by atoms with van der Waals surface area (Å²) >= 11 is 0. The average Bonchev–Trinajstić information content (AvgIpc) is 1.87. The molecule has 0 aliphatic heterocycles. The van der Waals surface area contributed by atoms with Crippen LogP contribution in [0.25, 0.3) is 0 Å². The molecular weight excluding hydrogens is 136 g/mol. The van der Waals surface area contributed by atoms with Crippen LogP contribution in [0.2, 0.25) is 0 Å². The van der Waals surface area contributed by atoms with Crippen LogP contribution in [0.15, 0.2) is 29.8 Å². The zero-order valence-electron chi connectivity index (χ0n) is 7.46. The molecule has 0 radical (unpaired) electrons. The molecule has 11 heavy (non-hydrogen) atoms. The maximum absolute atomic E-state index is 5.81. The molecule has 0 aromatic carbocycles. The lowest BCUT2D eigenvalue weighted by atomic mass is 9.99. The number of hydrogen-bond acceptors (Lipinski definition) is 2. The van der Waals surface area contributed by atoms with Crippen LogP contribution in [0.4, 0.5) is 0 Å². The molecule has 0 fully saturated rings. The van der Waals surface area contributed by atoms with Crippen molar-refractivity contribution in [3.8, 4) is 0 Å². The van der Waals surface area contributed by atoms with Crippen LogP contribution in [0.5, 0.6) is 0 Å². The van der Waals surface area contributed by atoms with Gasteiger partial charge in [0, 0.05) is 7.05 Å². The van der Waals surface area contributed by atoms with Gasteiger partial charge < -0.3 is 5.73 Å². The van der Waals surface area contributed by atoms with Crippen molar-refractivity contribution in [1.29, 1.82) is 0 Å². The van der Waals surface area contributed by atoms with Crippen LogP contribution in [0.1, 0.15) is 13.8 Å². The zero-order chi connectivity index (χ0) is 8.91. The van der Waals surface area contributed by atoms with Crippen LogP contribution >= 0.6 is 0 Å². The average molecular weight is 152 g/mol. The summed E-state index contributed by atoms with van der Waals surface area (Å²) in [7, 11) is 1.73. The Balaban J connectivity index is 4.45. The topological polar surface area (TPSA) is 38.4 Å². The monoisotopic (exact) mass is 152 g/mol. The summed E-state index contributed by atoms with van der Waals surface area (Å²) in [6.07, 6.45) is 5.40. The van der Waals surface area contributed by atoms with Crippen LogP contribution in [-0.2, 0) is 0 Å². The highest BCUT2D eigenvalue weighted by Crippen LogP contribution is 2.01. The Kier molecular flexibility index (Phi) is 3.76. The van der Waals surface area contributed by atoms with Crippen molar-refractivity contribution in [2.24, 2.45) is 10.7 Å². The van der Waals surface area contributed by atoms with Gasteiger partial charge in [-0.3, -0.25) is 4.99 Å². The Morgan fingerprint density at radius 3 is 2.36 bits per heavy atom. The van der Waals surface area contributed by atoms with Gasteiger partial charge in [-0.1, -0.05) is 18.7 Å². The van der Waals surface area contributed by atoms with Crippen molar-refractivity contribution >= 4 is 5.71 Å². The molecule has 0 amide bonds. The van der Waals surface area contributed by atoms with Crippen LogP contribution < -0.4 is 5.73 Å². The summed E-state index contributed by atoms with van der Waals surface area (Å²) in [6, 6.07) is 0. The first kappa shape index (κ1) is 10.1. The molecular formula is C9H16N2. The van der Waals surface area contributed by atoms with Crippen molar-refractivity contribution in [1.82, 2.24) is 0 Å². The zero-order valence-corrected chi connectivity index (χ0v) is 7.46. The molecule has 0 saturated carbocycles. The van der Waals surface area contributed by atoms with E-state index in [4.69, 9.17) is 5.73 Å². The molecule has 0 aliphatic rings. The molecule has 0 atom stereocenters. The third kappa shape index (κ3) is 3.73. The number of nitrogens with two attached hydrogens (primary N) is 1. The Bertz CT molecular complexity index is 182. The highest BCUT2D eigenvalue weighted by molar-refractivity contribution is 6.01. The molecule has 0 aromatic heterocycles. The molecule has 0 saturated heterocycles. The minimum absolute atomic E-state index is 0.367. The van der Waals surface area contributed by atoms with Gasteiger partial charge in [-0.2, -0.15) is 0 Å². The number of hydrogen-bond donors (Lipinski definition) is 1. The second-order valence-electron chi connectivity index (χ2n) is 2.93. The molecule has 0 spiro atoms. The van der Waals surface area contributed by atoms with Crippen LogP contribution in [-0.4, -0.2) is 18.3 Å². The summed E-state index contributed by atoms with van der Waals surface area (Å²) in [5.41, 5.74) is 6.32. The Morgan fingerprint density at radius 1 is 1.55 bits per heavy atom. The number of allylic oxidation sites excluding steroid dienone is 2. The summed E-state index contributed by atoms with van der Waals surface area (Å²) < 4.78 is 0. The van der Waals surface area contributed by atoms with E-state index in [2.05, 4.69) is 11.6 Å². The van der Waals surface area contributed by atoms with Gasteiger partial charge in [-0.05, 0) is 19.9 Å². The second-order valence-corrected chi connectivity index (χ2v) is 2.93. The van der Waals surface area contributed by atoms with Gasteiger partial charge in [0.1, 0.15) is 0 Å². The molecule has 2 N–H and O–H groups in total. The van der Waals surface area contributed by atoms with Gasteiger partial charge in [0.2, 0.25) is 0 Å². The number of nitrogens with zero attached hydrogens (tertiary/aromatic N) is 1. The van der Waals surface area contributed by atoms with Gasteiger partial charge in [0.05, 0.1) is 11.3 Å².